The molecule has 1 atom stereocenters. The monoisotopic (exact) mass is 303 g/mol. The molecule has 3 rings (SSSR count). The van der Waals surface area contributed by atoms with Crippen LogP contribution >= 0.6 is 0 Å². The van der Waals surface area contributed by atoms with Gasteiger partial charge in [-0.1, -0.05) is 6.07 Å². The van der Waals surface area contributed by atoms with Gasteiger partial charge in [0.1, 0.15) is 11.8 Å². The van der Waals surface area contributed by atoms with Crippen LogP contribution in [0.15, 0.2) is 24.4 Å². The highest BCUT2D eigenvalue weighted by Crippen LogP contribution is 2.18. The van der Waals surface area contributed by atoms with Crippen LogP contribution in [0.5, 0.6) is 0 Å². The SMILES string of the molecule is O=C(NC1CCN(C(=O)C2CCCO2)CC1)c1ccccn1. The van der Waals surface area contributed by atoms with Crippen molar-refractivity contribution in [3.63, 3.8) is 0 Å². The predicted molar refractivity (Wildman–Crippen MR) is 80.3 cm³/mol. The van der Waals surface area contributed by atoms with Crippen LogP contribution in [-0.4, -0.2) is 53.5 Å². The van der Waals surface area contributed by atoms with Crippen LogP contribution in [-0.2, 0) is 9.53 Å². The zero-order chi connectivity index (χ0) is 15.4. The van der Waals surface area contributed by atoms with E-state index in [1.807, 2.05) is 4.90 Å². The number of ether oxygens (including phenoxy) is 1. The summed E-state index contributed by atoms with van der Waals surface area (Å²) in [6.45, 7) is 2.03. The van der Waals surface area contributed by atoms with Crippen molar-refractivity contribution in [1.29, 1.82) is 0 Å². The molecule has 22 heavy (non-hydrogen) atoms. The average Bonchev–Trinajstić information content (AvgIpc) is 3.10. The Kier molecular flexibility index (Phi) is 4.68. The van der Waals surface area contributed by atoms with Gasteiger partial charge in [-0.2, -0.15) is 0 Å². The van der Waals surface area contributed by atoms with Gasteiger partial charge in [-0.25, -0.2) is 0 Å². The molecule has 2 amide bonds. The minimum Gasteiger partial charge on any atom is -0.368 e. The van der Waals surface area contributed by atoms with Gasteiger partial charge in [0.15, 0.2) is 0 Å². The fourth-order valence-corrected chi connectivity index (χ4v) is 2.98. The van der Waals surface area contributed by atoms with Crippen molar-refractivity contribution < 1.29 is 14.3 Å². The molecule has 1 N–H and O–H groups in total. The first kappa shape index (κ1) is 15.0. The summed E-state index contributed by atoms with van der Waals surface area (Å²) < 4.78 is 5.45. The summed E-state index contributed by atoms with van der Waals surface area (Å²) in [5.41, 5.74) is 0.431. The molecular formula is C16H21N3O3. The summed E-state index contributed by atoms with van der Waals surface area (Å²) >= 11 is 0. The fraction of sp³-hybridized carbons (Fsp3) is 0.562. The van der Waals surface area contributed by atoms with E-state index < -0.39 is 0 Å². The first-order chi connectivity index (χ1) is 10.7. The largest absolute Gasteiger partial charge is 0.368 e. The lowest BCUT2D eigenvalue weighted by Crippen LogP contribution is -2.49. The van der Waals surface area contributed by atoms with Gasteiger partial charge < -0.3 is 15.0 Å². The Morgan fingerprint density at radius 2 is 2.05 bits per heavy atom. The third-order valence-electron chi connectivity index (χ3n) is 4.24. The van der Waals surface area contributed by atoms with E-state index in [9.17, 15) is 9.59 Å². The number of piperidine rings is 1. The van der Waals surface area contributed by atoms with E-state index in [0.29, 0.717) is 25.4 Å². The maximum absolute atomic E-state index is 12.3. The lowest BCUT2D eigenvalue weighted by Gasteiger charge is -2.33. The van der Waals surface area contributed by atoms with Gasteiger partial charge in [0.05, 0.1) is 0 Å². The molecule has 1 aromatic rings. The normalized spacial score (nSPS) is 22.5. The molecule has 3 heterocycles. The minimum absolute atomic E-state index is 0.100. The van der Waals surface area contributed by atoms with E-state index in [4.69, 9.17) is 4.74 Å². The number of likely N-dealkylation sites (tertiary alicyclic amines) is 1. The lowest BCUT2D eigenvalue weighted by molar-refractivity contribution is -0.142. The van der Waals surface area contributed by atoms with Gasteiger partial charge in [-0.15, -0.1) is 0 Å². The first-order valence-electron chi connectivity index (χ1n) is 7.86. The molecule has 0 radical (unpaired) electrons. The van der Waals surface area contributed by atoms with Crippen molar-refractivity contribution in [1.82, 2.24) is 15.2 Å². The van der Waals surface area contributed by atoms with Crippen molar-refractivity contribution in [2.24, 2.45) is 0 Å². The van der Waals surface area contributed by atoms with Crippen LogP contribution in [0.25, 0.3) is 0 Å². The Morgan fingerprint density at radius 3 is 2.68 bits per heavy atom. The molecule has 1 aromatic heterocycles. The van der Waals surface area contributed by atoms with E-state index in [1.165, 1.54) is 0 Å². The van der Waals surface area contributed by atoms with Crippen molar-refractivity contribution >= 4 is 11.8 Å². The summed E-state index contributed by atoms with van der Waals surface area (Å²) in [7, 11) is 0. The van der Waals surface area contributed by atoms with E-state index in [-0.39, 0.29) is 24.0 Å². The number of hydrogen-bond acceptors (Lipinski definition) is 4. The van der Waals surface area contributed by atoms with E-state index in [2.05, 4.69) is 10.3 Å². The highest BCUT2D eigenvalue weighted by Gasteiger charge is 2.31. The second kappa shape index (κ2) is 6.87. The van der Waals surface area contributed by atoms with Gasteiger partial charge >= 0.3 is 0 Å². The van der Waals surface area contributed by atoms with Crippen LogP contribution in [0.1, 0.15) is 36.2 Å². The maximum Gasteiger partial charge on any atom is 0.270 e. The number of rotatable bonds is 3. The molecule has 6 nitrogen and oxygen atoms in total. The summed E-state index contributed by atoms with van der Waals surface area (Å²) in [5, 5.41) is 2.99. The van der Waals surface area contributed by atoms with E-state index >= 15 is 0 Å². The number of carbonyl (C=O) groups is 2. The molecule has 1 unspecified atom stereocenters. The first-order valence-corrected chi connectivity index (χ1v) is 7.86. The molecule has 118 valence electrons. The number of hydrogen-bond donors (Lipinski definition) is 1. The summed E-state index contributed by atoms with van der Waals surface area (Å²) in [4.78, 5) is 30.2. The summed E-state index contributed by atoms with van der Waals surface area (Å²) in [6, 6.07) is 5.38. The standard InChI is InChI=1S/C16H21N3O3/c20-15(13-4-1-2-8-17-13)18-12-6-9-19(10-7-12)16(21)14-5-3-11-22-14/h1-2,4,8,12,14H,3,5-7,9-11H2,(H,18,20). The van der Waals surface area contributed by atoms with Crippen LogP contribution in [0.4, 0.5) is 0 Å². The molecule has 6 heteroatoms. The van der Waals surface area contributed by atoms with Gasteiger partial charge in [0, 0.05) is 31.9 Å². The van der Waals surface area contributed by atoms with Gasteiger partial charge in [0.2, 0.25) is 0 Å². The Morgan fingerprint density at radius 1 is 1.23 bits per heavy atom. The topological polar surface area (TPSA) is 71.5 Å². The highest BCUT2D eigenvalue weighted by molar-refractivity contribution is 5.92. The Bertz CT molecular complexity index is 521. The smallest absolute Gasteiger partial charge is 0.270 e. The second-order valence-electron chi connectivity index (χ2n) is 5.79. The number of carbonyl (C=O) groups excluding carboxylic acids is 2. The van der Waals surface area contributed by atoms with Crippen LogP contribution in [0.2, 0.25) is 0 Å². The molecule has 2 aliphatic rings. The molecule has 2 fully saturated rings. The predicted octanol–water partition coefficient (Wildman–Crippen LogP) is 0.981. The molecule has 2 aliphatic heterocycles. The van der Waals surface area contributed by atoms with Gasteiger partial charge in [-0.3, -0.25) is 14.6 Å². The Labute approximate surface area is 129 Å². The van der Waals surface area contributed by atoms with Crippen molar-refractivity contribution in [3.05, 3.63) is 30.1 Å². The number of nitrogens with one attached hydrogen (secondary N) is 1. The average molecular weight is 303 g/mol. The molecule has 0 aromatic carbocycles. The molecular weight excluding hydrogens is 282 g/mol. The van der Waals surface area contributed by atoms with Gasteiger partial charge in [-0.05, 0) is 37.8 Å². The third kappa shape index (κ3) is 3.44. The second-order valence-corrected chi connectivity index (χ2v) is 5.79. The van der Waals surface area contributed by atoms with Gasteiger partial charge in [0.25, 0.3) is 11.8 Å². The quantitative estimate of drug-likeness (QED) is 0.903. The van der Waals surface area contributed by atoms with Crippen molar-refractivity contribution in [2.45, 2.75) is 37.8 Å². The summed E-state index contributed by atoms with van der Waals surface area (Å²) in [6.07, 6.45) is 4.70. The van der Waals surface area contributed by atoms with E-state index in [1.54, 1.807) is 24.4 Å². The molecule has 0 saturated carbocycles. The van der Waals surface area contributed by atoms with Crippen LogP contribution < -0.4 is 5.32 Å². The van der Waals surface area contributed by atoms with Crippen LogP contribution in [0, 0.1) is 0 Å². The number of nitrogens with zero attached hydrogens (tertiary/aromatic N) is 2. The number of amides is 2. The highest BCUT2D eigenvalue weighted by atomic mass is 16.5. The van der Waals surface area contributed by atoms with E-state index in [0.717, 1.165) is 25.7 Å². The Balaban J connectivity index is 1.47. The fourth-order valence-electron chi connectivity index (χ4n) is 2.98. The lowest BCUT2D eigenvalue weighted by atomic mass is 10.0. The maximum atomic E-state index is 12.3. The molecule has 0 bridgehead atoms. The molecule has 0 aliphatic carbocycles. The zero-order valence-electron chi connectivity index (χ0n) is 12.5. The van der Waals surface area contributed by atoms with Crippen LogP contribution in [0.3, 0.4) is 0 Å². The van der Waals surface area contributed by atoms with Crippen molar-refractivity contribution in [3.8, 4) is 0 Å². The summed E-state index contributed by atoms with van der Waals surface area (Å²) in [5.74, 6) is -0.0449. The number of aromatic nitrogens is 1. The molecule has 2 saturated heterocycles. The number of pyridine rings is 1. The minimum atomic E-state index is -0.250. The third-order valence-corrected chi connectivity index (χ3v) is 4.24. The Hall–Kier alpha value is -1.95. The molecule has 0 spiro atoms. The van der Waals surface area contributed by atoms with Crippen molar-refractivity contribution in [2.75, 3.05) is 19.7 Å². The zero-order valence-corrected chi connectivity index (χ0v) is 12.5.